The second-order valence-electron chi connectivity index (χ2n) is 12.2. The van der Waals surface area contributed by atoms with E-state index >= 15 is 0 Å². The van der Waals surface area contributed by atoms with Crippen molar-refractivity contribution in [3.8, 4) is 0 Å². The van der Waals surface area contributed by atoms with Crippen LogP contribution in [0.2, 0.25) is 0 Å². The van der Waals surface area contributed by atoms with Gasteiger partial charge in [0, 0.05) is 36.7 Å². The van der Waals surface area contributed by atoms with Crippen LogP contribution < -0.4 is 5.32 Å². The zero-order valence-electron chi connectivity index (χ0n) is 21.5. The van der Waals surface area contributed by atoms with Crippen LogP contribution in [0.3, 0.4) is 0 Å². The molecule has 2 aromatic heterocycles. The summed E-state index contributed by atoms with van der Waals surface area (Å²) in [6, 6.07) is 8.05. The lowest BCUT2D eigenvalue weighted by Gasteiger charge is -2.59. The molecule has 6 atom stereocenters. The molecular weight excluding hydrogens is 436 g/mol. The number of carbonyl (C=O) groups excluding carboxylic acids is 2. The van der Waals surface area contributed by atoms with Crippen molar-refractivity contribution in [3.63, 3.8) is 0 Å². The van der Waals surface area contributed by atoms with Crippen LogP contribution in [-0.4, -0.2) is 33.4 Å². The standard InChI is InChI=1S/C29H38N4O2/c1-18-15-21-22-8-9-24(27(35)30-17-19-16-20-7-5-6-14-33(20)31-19)28(22,2)12-10-23(21)29(3)13-11-25(34)32(4)26(18)29/h5-7,14,16,21-24H,8-13,15,17H2,1-4H3,(H,30,35)/t21-,22-,23+,24?,28-,29+/m0/s1. The van der Waals surface area contributed by atoms with Gasteiger partial charge in [-0.15, -0.1) is 0 Å². The van der Waals surface area contributed by atoms with E-state index in [-0.39, 0.29) is 28.6 Å². The third-order valence-electron chi connectivity index (χ3n) is 10.5. The van der Waals surface area contributed by atoms with Crippen molar-refractivity contribution >= 4 is 17.3 Å². The highest BCUT2D eigenvalue weighted by atomic mass is 16.2. The highest BCUT2D eigenvalue weighted by Crippen LogP contribution is 2.66. The Labute approximate surface area is 208 Å². The Morgan fingerprint density at radius 3 is 2.80 bits per heavy atom. The number of carbonyl (C=O) groups is 2. The quantitative estimate of drug-likeness (QED) is 0.685. The van der Waals surface area contributed by atoms with E-state index in [1.807, 2.05) is 46.9 Å². The average molecular weight is 475 g/mol. The maximum atomic E-state index is 13.5. The predicted octanol–water partition coefficient (Wildman–Crippen LogP) is 4.95. The van der Waals surface area contributed by atoms with Gasteiger partial charge in [-0.1, -0.05) is 25.5 Å². The number of amides is 2. The molecular formula is C29H38N4O2. The van der Waals surface area contributed by atoms with Crippen LogP contribution in [0.1, 0.15) is 71.4 Å². The number of nitrogens with one attached hydrogen (secondary N) is 1. The Bertz CT molecular complexity index is 1200. The van der Waals surface area contributed by atoms with Crippen molar-refractivity contribution in [3.05, 3.63) is 47.4 Å². The Kier molecular flexibility index (Phi) is 5.17. The lowest BCUT2D eigenvalue weighted by atomic mass is 9.48. The molecule has 0 aromatic carbocycles. The summed E-state index contributed by atoms with van der Waals surface area (Å²) in [7, 11) is 1.98. The molecule has 2 saturated carbocycles. The van der Waals surface area contributed by atoms with Gasteiger partial charge in [-0.25, -0.2) is 4.52 Å². The summed E-state index contributed by atoms with van der Waals surface area (Å²) in [5, 5.41) is 7.83. The molecule has 1 unspecified atom stereocenters. The van der Waals surface area contributed by atoms with E-state index in [4.69, 9.17) is 0 Å². The Morgan fingerprint density at radius 2 is 2.00 bits per heavy atom. The summed E-state index contributed by atoms with van der Waals surface area (Å²) in [5.41, 5.74) is 4.78. The molecule has 0 radical (unpaired) electrons. The summed E-state index contributed by atoms with van der Waals surface area (Å²) < 4.78 is 1.86. The van der Waals surface area contributed by atoms with Crippen molar-refractivity contribution in [2.75, 3.05) is 7.05 Å². The Hall–Kier alpha value is -2.63. The SMILES string of the molecule is CC1=C2N(C)C(=O)CC[C@]2(C)[C@@H]2CC[C@]3(C)C(C(=O)NCc4cc5ccccn5n4)CC[C@H]3[C@@H]2C1. The van der Waals surface area contributed by atoms with Crippen LogP contribution >= 0.6 is 0 Å². The molecule has 3 fully saturated rings. The summed E-state index contributed by atoms with van der Waals surface area (Å²) >= 11 is 0. The number of aromatic nitrogens is 2. The molecule has 6 heteroatoms. The second-order valence-corrected chi connectivity index (χ2v) is 12.2. The van der Waals surface area contributed by atoms with Crippen LogP contribution in [0, 0.1) is 34.5 Å². The number of hydrogen-bond donors (Lipinski definition) is 1. The molecule has 2 amide bonds. The number of likely N-dealkylation sites (tertiary alicyclic amines) is 1. The first kappa shape index (κ1) is 22.8. The van der Waals surface area contributed by atoms with Gasteiger partial charge >= 0.3 is 0 Å². The summed E-state index contributed by atoms with van der Waals surface area (Å²) in [6.45, 7) is 7.54. The van der Waals surface area contributed by atoms with Crippen molar-refractivity contribution in [1.29, 1.82) is 0 Å². The maximum absolute atomic E-state index is 13.5. The highest BCUT2D eigenvalue weighted by Gasteiger charge is 2.61. The summed E-state index contributed by atoms with van der Waals surface area (Å²) in [4.78, 5) is 28.0. The first-order chi connectivity index (χ1) is 16.7. The summed E-state index contributed by atoms with van der Waals surface area (Å²) in [5.74, 6) is 2.32. The third kappa shape index (κ3) is 3.31. The van der Waals surface area contributed by atoms with Gasteiger partial charge in [-0.3, -0.25) is 9.59 Å². The predicted molar refractivity (Wildman–Crippen MR) is 135 cm³/mol. The van der Waals surface area contributed by atoms with Crippen molar-refractivity contribution in [2.24, 2.45) is 34.5 Å². The van der Waals surface area contributed by atoms with E-state index in [0.717, 1.165) is 49.7 Å². The fourth-order valence-corrected chi connectivity index (χ4v) is 8.92. The lowest BCUT2D eigenvalue weighted by molar-refractivity contribution is -0.138. The minimum atomic E-state index is 0.0503. The number of hydrogen-bond acceptors (Lipinski definition) is 3. The van der Waals surface area contributed by atoms with E-state index in [0.29, 0.717) is 30.7 Å². The molecule has 3 heterocycles. The first-order valence-corrected chi connectivity index (χ1v) is 13.4. The minimum Gasteiger partial charge on any atom is -0.350 e. The molecule has 0 bridgehead atoms. The Balaban J connectivity index is 1.21. The van der Waals surface area contributed by atoms with Gasteiger partial charge in [0.25, 0.3) is 0 Å². The molecule has 2 aromatic rings. The van der Waals surface area contributed by atoms with Gasteiger partial charge in [0.15, 0.2) is 0 Å². The van der Waals surface area contributed by atoms with Crippen molar-refractivity contribution < 1.29 is 9.59 Å². The molecule has 186 valence electrons. The van der Waals surface area contributed by atoms with Gasteiger partial charge in [-0.05, 0) is 86.8 Å². The average Bonchev–Trinajstić information content (AvgIpc) is 3.40. The van der Waals surface area contributed by atoms with Crippen molar-refractivity contribution in [1.82, 2.24) is 19.8 Å². The molecule has 1 N–H and O–H groups in total. The third-order valence-corrected chi connectivity index (χ3v) is 10.5. The number of fused-ring (bicyclic) bond motifs is 6. The van der Waals surface area contributed by atoms with Crippen LogP contribution in [-0.2, 0) is 16.1 Å². The van der Waals surface area contributed by atoms with E-state index < -0.39 is 0 Å². The van der Waals surface area contributed by atoms with Crippen LogP contribution in [0.5, 0.6) is 0 Å². The molecule has 35 heavy (non-hydrogen) atoms. The molecule has 6 rings (SSSR count). The molecule has 1 saturated heterocycles. The number of nitrogens with zero attached hydrogens (tertiary/aromatic N) is 3. The molecule has 1 aliphatic heterocycles. The van der Waals surface area contributed by atoms with Crippen LogP contribution in [0.25, 0.3) is 5.52 Å². The topological polar surface area (TPSA) is 66.7 Å². The fraction of sp³-hybridized carbons (Fsp3) is 0.621. The molecule has 4 aliphatic rings. The number of pyridine rings is 1. The van der Waals surface area contributed by atoms with E-state index in [9.17, 15) is 9.59 Å². The van der Waals surface area contributed by atoms with Crippen LogP contribution in [0.15, 0.2) is 41.7 Å². The lowest BCUT2D eigenvalue weighted by Crippen LogP contribution is -2.55. The van der Waals surface area contributed by atoms with Gasteiger partial charge in [0.1, 0.15) is 0 Å². The monoisotopic (exact) mass is 474 g/mol. The molecule has 0 spiro atoms. The highest BCUT2D eigenvalue weighted by molar-refractivity contribution is 5.80. The normalized spacial score (nSPS) is 36.7. The van der Waals surface area contributed by atoms with Crippen LogP contribution in [0.4, 0.5) is 0 Å². The minimum absolute atomic E-state index is 0.0503. The first-order valence-electron chi connectivity index (χ1n) is 13.4. The second kappa shape index (κ2) is 7.94. The largest absolute Gasteiger partial charge is 0.350 e. The number of allylic oxidation sites excluding steroid dienone is 2. The van der Waals surface area contributed by atoms with E-state index in [1.165, 1.54) is 11.3 Å². The van der Waals surface area contributed by atoms with Gasteiger partial charge in [-0.2, -0.15) is 5.10 Å². The van der Waals surface area contributed by atoms with Gasteiger partial charge in [0.2, 0.25) is 11.8 Å². The molecule has 3 aliphatic carbocycles. The zero-order chi connectivity index (χ0) is 24.5. The summed E-state index contributed by atoms with van der Waals surface area (Å²) in [6.07, 6.45) is 9.01. The fourth-order valence-electron chi connectivity index (χ4n) is 8.92. The number of rotatable bonds is 3. The smallest absolute Gasteiger partial charge is 0.226 e. The Morgan fingerprint density at radius 1 is 1.17 bits per heavy atom. The molecule has 6 nitrogen and oxygen atoms in total. The zero-order valence-corrected chi connectivity index (χ0v) is 21.5. The van der Waals surface area contributed by atoms with E-state index in [1.54, 1.807) is 0 Å². The van der Waals surface area contributed by atoms with E-state index in [2.05, 4.69) is 31.2 Å². The number of piperidine rings is 1. The van der Waals surface area contributed by atoms with Crippen molar-refractivity contribution in [2.45, 2.75) is 72.3 Å². The van der Waals surface area contributed by atoms with Gasteiger partial charge in [0.05, 0.1) is 17.8 Å². The van der Waals surface area contributed by atoms with Gasteiger partial charge < -0.3 is 10.2 Å². The maximum Gasteiger partial charge on any atom is 0.226 e.